The fourth-order valence-corrected chi connectivity index (χ4v) is 11.9. The average molecular weight is 620 g/mol. The summed E-state index contributed by atoms with van der Waals surface area (Å²) in [5.41, 5.74) is -0.453. The number of ether oxygens (including phenoxy) is 2. The smallest absolute Gasteiger partial charge is 0.261 e. The zero-order valence-corrected chi connectivity index (χ0v) is 26.9. The van der Waals surface area contributed by atoms with Crippen molar-refractivity contribution in [3.05, 3.63) is 84.4 Å². The monoisotopic (exact) mass is 619 g/mol. The summed E-state index contributed by atoms with van der Waals surface area (Å²) < 4.78 is 21.7. The van der Waals surface area contributed by atoms with Crippen LogP contribution in [-0.2, 0) is 13.9 Å². The number of rotatable bonds is 7. The van der Waals surface area contributed by atoms with E-state index in [1.807, 2.05) is 50.2 Å². The van der Waals surface area contributed by atoms with Crippen LogP contribution in [0.2, 0.25) is 10.2 Å². The zero-order valence-electron chi connectivity index (χ0n) is 25.2. The lowest BCUT2D eigenvalue weighted by Crippen LogP contribution is -2.67. The first-order valence-electron chi connectivity index (χ1n) is 14.7. The molecule has 10 heteroatoms. The van der Waals surface area contributed by atoms with Gasteiger partial charge in [-0.25, -0.2) is 9.97 Å². The molecule has 0 unspecified atom stereocenters. The Morgan fingerprint density at radius 3 is 2.26 bits per heavy atom. The van der Waals surface area contributed by atoms with Crippen molar-refractivity contribution >= 4 is 47.2 Å². The predicted molar refractivity (Wildman–Crippen MR) is 168 cm³/mol. The Hall–Kier alpha value is -2.92. The van der Waals surface area contributed by atoms with E-state index in [-0.39, 0.29) is 29.3 Å². The van der Waals surface area contributed by atoms with Crippen molar-refractivity contribution in [2.24, 2.45) is 11.3 Å². The Morgan fingerprint density at radius 2 is 1.67 bits per heavy atom. The molecule has 8 nitrogen and oxygen atoms in total. The molecule has 4 atom stereocenters. The average Bonchev–Trinajstić information content (AvgIpc) is 3.64. The van der Waals surface area contributed by atoms with Gasteiger partial charge in [-0.15, -0.1) is 0 Å². The summed E-state index contributed by atoms with van der Waals surface area (Å²) >= 11 is 6.28. The lowest BCUT2D eigenvalue weighted by atomic mass is 9.85. The van der Waals surface area contributed by atoms with Crippen LogP contribution >= 0.6 is 11.6 Å². The molecule has 3 heterocycles. The third-order valence-electron chi connectivity index (χ3n) is 9.05. The summed E-state index contributed by atoms with van der Waals surface area (Å²) in [6.45, 7) is 10.3. The number of carbonyl (C=O) groups is 1. The van der Waals surface area contributed by atoms with Crippen LogP contribution in [0.5, 0.6) is 0 Å². The molecule has 0 amide bonds. The number of aromatic nitrogens is 3. The number of hydrogen-bond donors (Lipinski definition) is 1. The molecule has 0 bridgehead atoms. The lowest BCUT2D eigenvalue weighted by Gasteiger charge is -2.45. The predicted octanol–water partition coefficient (Wildman–Crippen LogP) is 4.82. The van der Waals surface area contributed by atoms with Gasteiger partial charge in [-0.3, -0.25) is 9.36 Å². The molecule has 6 rings (SSSR count). The summed E-state index contributed by atoms with van der Waals surface area (Å²) in [7, 11) is -2.93. The summed E-state index contributed by atoms with van der Waals surface area (Å²) in [4.78, 5) is 22.6. The molecule has 2 fully saturated rings. The molecular formula is C33H38ClN3O5Si. The van der Waals surface area contributed by atoms with E-state index < -0.39 is 37.6 Å². The van der Waals surface area contributed by atoms with Crippen LogP contribution in [-0.4, -0.2) is 65.1 Å². The molecule has 1 N–H and O–H groups in total. The van der Waals surface area contributed by atoms with Crippen LogP contribution in [0.15, 0.2) is 79.3 Å². The second-order valence-electron chi connectivity index (χ2n) is 13.2. The number of carbonyl (C=O) groups excluding carboxylic acids is 1. The van der Waals surface area contributed by atoms with Crippen molar-refractivity contribution in [1.29, 1.82) is 0 Å². The maximum absolute atomic E-state index is 14.2. The molecule has 0 spiro atoms. The minimum absolute atomic E-state index is 0.193. The van der Waals surface area contributed by atoms with E-state index in [0.29, 0.717) is 17.5 Å². The van der Waals surface area contributed by atoms with Crippen LogP contribution in [0.25, 0.3) is 11.0 Å². The van der Waals surface area contributed by atoms with Crippen molar-refractivity contribution in [3.63, 3.8) is 0 Å². The first-order chi connectivity index (χ1) is 20.4. The van der Waals surface area contributed by atoms with Crippen molar-refractivity contribution in [2.75, 3.05) is 13.2 Å². The molecule has 0 radical (unpaired) electrons. The number of hydrogen-bond acceptors (Lipinski definition) is 7. The van der Waals surface area contributed by atoms with Gasteiger partial charge in [0.15, 0.2) is 11.4 Å². The van der Waals surface area contributed by atoms with E-state index in [1.54, 1.807) is 12.3 Å². The molecule has 43 heavy (non-hydrogen) atoms. The third kappa shape index (κ3) is 4.96. The van der Waals surface area contributed by atoms with E-state index in [0.717, 1.165) is 10.4 Å². The van der Waals surface area contributed by atoms with E-state index in [2.05, 4.69) is 55.0 Å². The van der Waals surface area contributed by atoms with Gasteiger partial charge < -0.3 is 19.0 Å². The number of nitrogens with zero attached hydrogens (tertiary/aromatic N) is 3. The van der Waals surface area contributed by atoms with Gasteiger partial charge in [0.25, 0.3) is 8.32 Å². The number of fused-ring (bicyclic) bond motifs is 2. The first-order valence-corrected chi connectivity index (χ1v) is 16.9. The number of aliphatic hydroxyl groups excluding tert-OH is 1. The Labute approximate surface area is 258 Å². The highest BCUT2D eigenvalue weighted by atomic mass is 35.5. The van der Waals surface area contributed by atoms with Crippen molar-refractivity contribution in [2.45, 2.75) is 64.1 Å². The van der Waals surface area contributed by atoms with Gasteiger partial charge in [-0.2, -0.15) is 0 Å². The summed E-state index contributed by atoms with van der Waals surface area (Å²) in [6.07, 6.45) is 2.21. The molecule has 1 saturated carbocycles. The van der Waals surface area contributed by atoms with Crippen LogP contribution in [0.4, 0.5) is 0 Å². The fraction of sp³-hybridized carbons (Fsp3) is 0.424. The van der Waals surface area contributed by atoms with Crippen molar-refractivity contribution in [1.82, 2.24) is 14.5 Å². The van der Waals surface area contributed by atoms with E-state index >= 15 is 0 Å². The molecule has 2 aromatic carbocycles. The Balaban J connectivity index is 1.41. The van der Waals surface area contributed by atoms with Gasteiger partial charge in [-0.1, -0.05) is 93.0 Å². The Morgan fingerprint density at radius 1 is 1.05 bits per heavy atom. The van der Waals surface area contributed by atoms with E-state index in [9.17, 15) is 9.90 Å². The molecular weight excluding hydrogens is 582 g/mol. The molecule has 2 aliphatic rings. The van der Waals surface area contributed by atoms with Crippen molar-refractivity contribution < 1.29 is 23.8 Å². The Bertz CT molecular complexity index is 1580. The normalized spacial score (nSPS) is 25.2. The highest BCUT2D eigenvalue weighted by Gasteiger charge is 2.64. The van der Waals surface area contributed by atoms with Gasteiger partial charge in [0.05, 0.1) is 30.1 Å². The molecule has 2 aromatic heterocycles. The molecule has 1 saturated heterocycles. The molecule has 4 aromatic rings. The minimum Gasteiger partial charge on any atom is -0.407 e. The van der Waals surface area contributed by atoms with Crippen LogP contribution in [0, 0.1) is 11.3 Å². The number of aliphatic hydroxyl groups is 1. The molecule has 1 aliphatic carbocycles. The van der Waals surface area contributed by atoms with Gasteiger partial charge in [0.1, 0.15) is 11.5 Å². The maximum Gasteiger partial charge on any atom is 0.261 e. The quantitative estimate of drug-likeness (QED) is 0.234. The standard InChI is InChI=1S/C33H38ClN3O5Si/c1-31(2,3)43(22-12-8-6-9-13-22,23-14-10-7-11-15-23)40-20-33(19-38)18-25(26-27(33)42-32(4,5)41-26)30(39)37-17-16-24-28(34)35-21-36-29(24)37/h6-17,21,25-27,38H,18-20H2,1-5H3/t25-,26+,27+,33-/m1/s1. The summed E-state index contributed by atoms with van der Waals surface area (Å²) in [5, 5.41) is 14.1. The largest absolute Gasteiger partial charge is 0.407 e. The highest BCUT2D eigenvalue weighted by Crippen LogP contribution is 2.53. The SMILES string of the molecule is CC1(C)O[C@H]2[C@H](C(=O)n3ccc4c(Cl)ncnc43)C[C@@](CO)(CO[Si](c3ccccc3)(c3ccccc3)C(C)(C)C)[C@H]2O1. The summed E-state index contributed by atoms with van der Waals surface area (Å²) in [5.74, 6) is -1.73. The maximum atomic E-state index is 14.2. The topological polar surface area (TPSA) is 95.7 Å². The van der Waals surface area contributed by atoms with Gasteiger partial charge in [0, 0.05) is 18.2 Å². The first kappa shape index (κ1) is 30.1. The van der Waals surface area contributed by atoms with Crippen LogP contribution in [0.3, 0.4) is 0 Å². The van der Waals surface area contributed by atoms with E-state index in [4.69, 9.17) is 25.5 Å². The number of halogens is 1. The summed E-state index contributed by atoms with van der Waals surface area (Å²) in [6, 6.07) is 22.5. The van der Waals surface area contributed by atoms with Gasteiger partial charge >= 0.3 is 0 Å². The third-order valence-corrected chi connectivity index (χ3v) is 14.3. The molecule has 226 valence electrons. The molecule has 1 aliphatic heterocycles. The lowest BCUT2D eigenvalue weighted by molar-refractivity contribution is -0.175. The fourth-order valence-electron chi connectivity index (χ4n) is 7.09. The highest BCUT2D eigenvalue weighted by molar-refractivity contribution is 6.99. The van der Waals surface area contributed by atoms with Crippen LogP contribution < -0.4 is 10.4 Å². The van der Waals surface area contributed by atoms with E-state index in [1.165, 1.54) is 10.9 Å². The van der Waals surface area contributed by atoms with Crippen molar-refractivity contribution in [3.8, 4) is 0 Å². The van der Waals surface area contributed by atoms with Gasteiger partial charge in [-0.05, 0) is 41.7 Å². The second-order valence-corrected chi connectivity index (χ2v) is 17.9. The second kappa shape index (κ2) is 10.9. The van der Waals surface area contributed by atoms with Gasteiger partial charge in [0.2, 0.25) is 5.91 Å². The van der Waals surface area contributed by atoms with Crippen LogP contribution in [0.1, 0.15) is 45.8 Å². The number of benzene rings is 2. The Kier molecular flexibility index (Phi) is 7.64. The minimum atomic E-state index is -2.93. The zero-order chi connectivity index (χ0) is 30.6.